The maximum Gasteiger partial charge on any atom is 0.262 e. The van der Waals surface area contributed by atoms with Gasteiger partial charge in [0.15, 0.2) is 6.10 Å². The Balaban J connectivity index is 2.74. The Kier molecular flexibility index (Phi) is 3.58. The summed E-state index contributed by atoms with van der Waals surface area (Å²) in [7, 11) is 0. The Bertz CT molecular complexity index is 312. The van der Waals surface area contributed by atoms with Crippen LogP contribution < -0.4 is 4.74 Å². The Hall–Kier alpha value is -0.730. The van der Waals surface area contributed by atoms with E-state index in [2.05, 4.69) is 0 Å². The van der Waals surface area contributed by atoms with Gasteiger partial charge in [0.25, 0.3) is 5.24 Å². The van der Waals surface area contributed by atoms with Crippen LogP contribution in [0.1, 0.15) is 6.92 Å². The van der Waals surface area contributed by atoms with Crippen LogP contribution in [0.15, 0.2) is 24.3 Å². The largest absolute Gasteiger partial charge is 0.480 e. The lowest BCUT2D eigenvalue weighted by atomic mass is 10.3. The van der Waals surface area contributed by atoms with Crippen molar-refractivity contribution in [3.63, 3.8) is 0 Å². The van der Waals surface area contributed by atoms with Crippen molar-refractivity contribution in [2.45, 2.75) is 13.0 Å². The first-order valence-corrected chi connectivity index (χ1v) is 4.47. The number of hydrogen-bond acceptors (Lipinski definition) is 2. The summed E-state index contributed by atoms with van der Waals surface area (Å²) in [6, 6.07) is 6.91. The zero-order valence-corrected chi connectivity index (χ0v) is 8.47. The van der Waals surface area contributed by atoms with E-state index in [9.17, 15) is 4.79 Å². The molecule has 1 aromatic rings. The molecule has 4 heteroatoms. The van der Waals surface area contributed by atoms with Crippen LogP contribution in [0.25, 0.3) is 0 Å². The SMILES string of the molecule is C[C@@H](Oc1ccccc1Cl)C(=O)Cl. The van der Waals surface area contributed by atoms with Gasteiger partial charge in [-0.05, 0) is 30.7 Å². The fourth-order valence-electron chi connectivity index (χ4n) is 0.777. The van der Waals surface area contributed by atoms with Crippen LogP contribution >= 0.6 is 23.2 Å². The summed E-state index contributed by atoms with van der Waals surface area (Å²) < 4.78 is 5.19. The number of carbonyl (C=O) groups excluding carboxylic acids is 1. The predicted octanol–water partition coefficient (Wildman–Crippen LogP) is 2.87. The predicted molar refractivity (Wildman–Crippen MR) is 52.4 cm³/mol. The van der Waals surface area contributed by atoms with E-state index in [1.165, 1.54) is 0 Å². The molecule has 1 atom stereocenters. The van der Waals surface area contributed by atoms with E-state index in [1.807, 2.05) is 0 Å². The molecule has 0 unspecified atom stereocenters. The van der Waals surface area contributed by atoms with Crippen molar-refractivity contribution in [3.05, 3.63) is 29.3 Å². The molecular weight excluding hydrogens is 211 g/mol. The van der Waals surface area contributed by atoms with Crippen LogP contribution in [0, 0.1) is 0 Å². The van der Waals surface area contributed by atoms with Gasteiger partial charge in [-0.15, -0.1) is 0 Å². The van der Waals surface area contributed by atoms with Gasteiger partial charge >= 0.3 is 0 Å². The van der Waals surface area contributed by atoms with Gasteiger partial charge in [0.05, 0.1) is 5.02 Å². The third-order valence-electron chi connectivity index (χ3n) is 1.46. The smallest absolute Gasteiger partial charge is 0.262 e. The van der Waals surface area contributed by atoms with Crippen LogP contribution in [-0.4, -0.2) is 11.3 Å². The fourth-order valence-corrected chi connectivity index (χ4v) is 1.00. The quantitative estimate of drug-likeness (QED) is 0.730. The minimum atomic E-state index is -0.679. The van der Waals surface area contributed by atoms with E-state index in [0.29, 0.717) is 10.8 Å². The van der Waals surface area contributed by atoms with Gasteiger partial charge in [-0.25, -0.2) is 0 Å². The highest BCUT2D eigenvalue weighted by molar-refractivity contribution is 6.64. The normalized spacial score (nSPS) is 12.2. The van der Waals surface area contributed by atoms with Crippen molar-refractivity contribution in [3.8, 4) is 5.75 Å². The fraction of sp³-hybridized carbons (Fsp3) is 0.222. The molecule has 0 aliphatic rings. The Morgan fingerprint density at radius 3 is 2.62 bits per heavy atom. The van der Waals surface area contributed by atoms with Crippen LogP contribution in [0.2, 0.25) is 5.02 Å². The van der Waals surface area contributed by atoms with Crippen LogP contribution in [-0.2, 0) is 4.79 Å². The third kappa shape index (κ3) is 2.90. The van der Waals surface area contributed by atoms with Gasteiger partial charge in [0, 0.05) is 0 Å². The lowest BCUT2D eigenvalue weighted by Gasteiger charge is -2.11. The molecule has 0 saturated carbocycles. The summed E-state index contributed by atoms with van der Waals surface area (Å²) in [6.45, 7) is 1.57. The van der Waals surface area contributed by atoms with Gasteiger partial charge in [-0.2, -0.15) is 0 Å². The van der Waals surface area contributed by atoms with E-state index in [1.54, 1.807) is 31.2 Å². The second kappa shape index (κ2) is 4.49. The lowest BCUT2D eigenvalue weighted by molar-refractivity contribution is -0.117. The van der Waals surface area contributed by atoms with E-state index in [-0.39, 0.29) is 0 Å². The molecular formula is C9H8Cl2O2. The zero-order valence-electron chi connectivity index (χ0n) is 6.96. The van der Waals surface area contributed by atoms with Crippen molar-refractivity contribution in [2.24, 2.45) is 0 Å². The average Bonchev–Trinajstić information content (AvgIpc) is 2.08. The Labute approximate surface area is 86.4 Å². The summed E-state index contributed by atoms with van der Waals surface area (Å²) in [5.41, 5.74) is 0. The standard InChI is InChI=1S/C9H8Cl2O2/c1-6(9(11)12)13-8-5-3-2-4-7(8)10/h2-6H,1H3/t6-/m1/s1. The van der Waals surface area contributed by atoms with Gasteiger partial charge in [-0.1, -0.05) is 23.7 Å². The molecule has 13 heavy (non-hydrogen) atoms. The molecule has 0 saturated heterocycles. The van der Waals surface area contributed by atoms with Crippen molar-refractivity contribution in [1.29, 1.82) is 0 Å². The van der Waals surface area contributed by atoms with Crippen LogP contribution in [0.4, 0.5) is 0 Å². The molecule has 70 valence electrons. The zero-order chi connectivity index (χ0) is 9.84. The highest BCUT2D eigenvalue weighted by Gasteiger charge is 2.12. The number of halogens is 2. The molecule has 0 aliphatic heterocycles. The first kappa shape index (κ1) is 10.4. The second-order valence-electron chi connectivity index (χ2n) is 2.49. The Morgan fingerprint density at radius 2 is 2.08 bits per heavy atom. The lowest BCUT2D eigenvalue weighted by Crippen LogP contribution is -2.18. The maximum atomic E-state index is 10.7. The van der Waals surface area contributed by atoms with E-state index in [4.69, 9.17) is 27.9 Å². The van der Waals surface area contributed by atoms with Gasteiger partial charge in [0.2, 0.25) is 0 Å². The third-order valence-corrected chi connectivity index (χ3v) is 2.08. The van der Waals surface area contributed by atoms with Crippen LogP contribution in [0.3, 0.4) is 0 Å². The minimum absolute atomic E-state index is 0.464. The number of rotatable bonds is 3. The topological polar surface area (TPSA) is 26.3 Å². The molecule has 1 rings (SSSR count). The molecule has 0 amide bonds. The summed E-state index contributed by atoms with van der Waals surface area (Å²) in [4.78, 5) is 10.7. The molecule has 0 fully saturated rings. The first-order valence-electron chi connectivity index (χ1n) is 3.72. The van der Waals surface area contributed by atoms with E-state index >= 15 is 0 Å². The molecule has 1 aromatic carbocycles. The summed E-state index contributed by atoms with van der Waals surface area (Å²) in [5.74, 6) is 0.464. The van der Waals surface area contributed by atoms with Crippen molar-refractivity contribution in [1.82, 2.24) is 0 Å². The number of hydrogen-bond donors (Lipinski definition) is 0. The van der Waals surface area contributed by atoms with E-state index < -0.39 is 11.3 Å². The van der Waals surface area contributed by atoms with Gasteiger partial charge in [0.1, 0.15) is 5.75 Å². The second-order valence-corrected chi connectivity index (χ2v) is 3.27. The summed E-state index contributed by atoms with van der Waals surface area (Å²) >= 11 is 11.0. The Morgan fingerprint density at radius 1 is 1.46 bits per heavy atom. The molecule has 0 heterocycles. The van der Waals surface area contributed by atoms with Crippen LogP contribution in [0.5, 0.6) is 5.75 Å². The number of carbonyl (C=O) groups is 1. The van der Waals surface area contributed by atoms with Crippen molar-refractivity contribution in [2.75, 3.05) is 0 Å². The number of para-hydroxylation sites is 1. The van der Waals surface area contributed by atoms with Crippen molar-refractivity contribution >= 4 is 28.4 Å². The minimum Gasteiger partial charge on any atom is -0.480 e. The first-order chi connectivity index (χ1) is 6.11. The van der Waals surface area contributed by atoms with Crippen molar-refractivity contribution < 1.29 is 9.53 Å². The summed E-state index contributed by atoms with van der Waals surface area (Å²) in [5, 5.41) is -0.0767. The maximum absolute atomic E-state index is 10.7. The monoisotopic (exact) mass is 218 g/mol. The number of benzene rings is 1. The molecule has 0 aliphatic carbocycles. The molecule has 0 aromatic heterocycles. The van der Waals surface area contributed by atoms with E-state index in [0.717, 1.165) is 0 Å². The number of ether oxygens (including phenoxy) is 1. The highest BCUT2D eigenvalue weighted by Crippen LogP contribution is 2.24. The average molecular weight is 219 g/mol. The summed E-state index contributed by atoms with van der Waals surface area (Å²) in [6.07, 6.45) is -0.679. The molecule has 0 bridgehead atoms. The molecule has 2 nitrogen and oxygen atoms in total. The molecule has 0 spiro atoms. The van der Waals surface area contributed by atoms with Gasteiger partial charge in [-0.3, -0.25) is 4.79 Å². The highest BCUT2D eigenvalue weighted by atomic mass is 35.5. The molecule has 0 radical (unpaired) electrons. The molecule has 0 N–H and O–H groups in total. The van der Waals surface area contributed by atoms with Gasteiger partial charge < -0.3 is 4.74 Å².